The smallest absolute Gasteiger partial charge is 0.243 e. The molecule has 2 rings (SSSR count). The van der Waals surface area contributed by atoms with Crippen LogP contribution in [-0.2, 0) is 19.6 Å². The molecule has 10 heteroatoms. The van der Waals surface area contributed by atoms with E-state index in [2.05, 4.69) is 5.32 Å². The van der Waals surface area contributed by atoms with E-state index in [9.17, 15) is 18.0 Å². The zero-order valence-electron chi connectivity index (χ0n) is 13.7. The Morgan fingerprint density at radius 3 is 2.32 bits per heavy atom. The SMILES string of the molecule is CC(=O)NCCC(=O)N1CCN(S(=O)(=O)c2ccc(Cl)c(Cl)c2)CC1. The van der Waals surface area contributed by atoms with Gasteiger partial charge in [0.1, 0.15) is 0 Å². The number of carbonyl (C=O) groups excluding carboxylic acids is 2. The summed E-state index contributed by atoms with van der Waals surface area (Å²) in [6, 6.07) is 4.18. The van der Waals surface area contributed by atoms with E-state index >= 15 is 0 Å². The minimum absolute atomic E-state index is 0.0762. The molecule has 1 aliphatic heterocycles. The summed E-state index contributed by atoms with van der Waals surface area (Å²) in [5.41, 5.74) is 0. The van der Waals surface area contributed by atoms with Crippen LogP contribution in [0.4, 0.5) is 0 Å². The number of carbonyl (C=O) groups is 2. The van der Waals surface area contributed by atoms with Crippen LogP contribution < -0.4 is 5.32 Å². The van der Waals surface area contributed by atoms with Crippen molar-refractivity contribution in [3.63, 3.8) is 0 Å². The fraction of sp³-hybridized carbons (Fsp3) is 0.467. The summed E-state index contributed by atoms with van der Waals surface area (Å²) in [7, 11) is -3.68. The van der Waals surface area contributed by atoms with Gasteiger partial charge in [-0.05, 0) is 18.2 Å². The number of hydrogen-bond donors (Lipinski definition) is 1. The third-order valence-corrected chi connectivity index (χ3v) is 6.47. The first-order valence-electron chi connectivity index (χ1n) is 7.69. The molecule has 7 nitrogen and oxygen atoms in total. The van der Waals surface area contributed by atoms with Crippen LogP contribution in [0, 0.1) is 0 Å². The molecular formula is C15H19Cl2N3O4S. The summed E-state index contributed by atoms with van der Waals surface area (Å²) >= 11 is 11.7. The van der Waals surface area contributed by atoms with Crippen molar-refractivity contribution in [2.75, 3.05) is 32.7 Å². The summed E-state index contributed by atoms with van der Waals surface area (Å²) in [6.45, 7) is 2.68. The van der Waals surface area contributed by atoms with Crippen LogP contribution in [0.15, 0.2) is 23.1 Å². The number of halogens is 2. The van der Waals surface area contributed by atoms with Gasteiger partial charge in [0.15, 0.2) is 0 Å². The fourth-order valence-electron chi connectivity index (χ4n) is 2.47. The van der Waals surface area contributed by atoms with Crippen LogP contribution in [0.1, 0.15) is 13.3 Å². The Kier molecular flexibility index (Phi) is 6.67. The summed E-state index contributed by atoms with van der Waals surface area (Å²) in [6.07, 6.45) is 0.194. The van der Waals surface area contributed by atoms with Crippen LogP contribution >= 0.6 is 23.2 Å². The fourth-order valence-corrected chi connectivity index (χ4v) is 4.28. The number of hydrogen-bond acceptors (Lipinski definition) is 4. The highest BCUT2D eigenvalue weighted by atomic mass is 35.5. The lowest BCUT2D eigenvalue weighted by Gasteiger charge is -2.34. The van der Waals surface area contributed by atoms with Gasteiger partial charge in [-0.1, -0.05) is 23.2 Å². The first-order chi connectivity index (χ1) is 11.7. The van der Waals surface area contributed by atoms with Gasteiger partial charge in [0, 0.05) is 46.1 Å². The number of rotatable bonds is 5. The topological polar surface area (TPSA) is 86.8 Å². The van der Waals surface area contributed by atoms with Gasteiger partial charge in [-0.2, -0.15) is 4.31 Å². The van der Waals surface area contributed by atoms with Gasteiger partial charge < -0.3 is 10.2 Å². The first kappa shape index (κ1) is 20.0. The van der Waals surface area contributed by atoms with E-state index in [0.29, 0.717) is 13.1 Å². The highest BCUT2D eigenvalue weighted by Gasteiger charge is 2.30. The molecule has 138 valence electrons. The van der Waals surface area contributed by atoms with Gasteiger partial charge >= 0.3 is 0 Å². The van der Waals surface area contributed by atoms with Gasteiger partial charge in [-0.25, -0.2) is 8.42 Å². The molecule has 0 unspecified atom stereocenters. The molecule has 0 aromatic heterocycles. The second-order valence-corrected chi connectivity index (χ2v) is 8.35. The molecule has 0 spiro atoms. The van der Waals surface area contributed by atoms with E-state index in [1.807, 2.05) is 0 Å². The Hall–Kier alpha value is -1.35. The summed E-state index contributed by atoms with van der Waals surface area (Å²) < 4.78 is 26.6. The molecule has 1 heterocycles. The quantitative estimate of drug-likeness (QED) is 0.797. The van der Waals surface area contributed by atoms with E-state index in [4.69, 9.17) is 23.2 Å². The van der Waals surface area contributed by atoms with Crippen LogP contribution in [0.3, 0.4) is 0 Å². The number of piperazine rings is 1. The zero-order chi connectivity index (χ0) is 18.6. The average Bonchev–Trinajstić information content (AvgIpc) is 2.57. The molecule has 2 amide bonds. The van der Waals surface area contributed by atoms with Crippen molar-refractivity contribution in [3.8, 4) is 0 Å². The molecular weight excluding hydrogens is 389 g/mol. The van der Waals surface area contributed by atoms with Crippen molar-refractivity contribution < 1.29 is 18.0 Å². The third kappa shape index (κ3) is 5.07. The van der Waals surface area contributed by atoms with E-state index in [-0.39, 0.29) is 52.8 Å². The molecule has 1 saturated heterocycles. The monoisotopic (exact) mass is 407 g/mol. The number of nitrogens with zero attached hydrogens (tertiary/aromatic N) is 2. The summed E-state index contributed by atoms with van der Waals surface area (Å²) in [5.74, 6) is -0.300. The second kappa shape index (κ2) is 8.35. The molecule has 1 aromatic rings. The third-order valence-electron chi connectivity index (χ3n) is 3.83. The molecule has 25 heavy (non-hydrogen) atoms. The van der Waals surface area contributed by atoms with Crippen LogP contribution in [0.25, 0.3) is 0 Å². The predicted octanol–water partition coefficient (Wildman–Crippen LogP) is 1.35. The van der Waals surface area contributed by atoms with E-state index in [1.165, 1.54) is 29.4 Å². The number of amides is 2. The normalized spacial score (nSPS) is 15.9. The van der Waals surface area contributed by atoms with Crippen molar-refractivity contribution in [1.29, 1.82) is 0 Å². The maximum atomic E-state index is 12.6. The maximum Gasteiger partial charge on any atom is 0.243 e. The summed E-state index contributed by atoms with van der Waals surface area (Å²) in [5, 5.41) is 3.03. The molecule has 0 bridgehead atoms. The Morgan fingerprint density at radius 1 is 1.12 bits per heavy atom. The largest absolute Gasteiger partial charge is 0.356 e. The lowest BCUT2D eigenvalue weighted by atomic mass is 10.3. The Balaban J connectivity index is 1.95. The predicted molar refractivity (Wildman–Crippen MR) is 95.1 cm³/mol. The van der Waals surface area contributed by atoms with E-state index in [1.54, 1.807) is 4.90 Å². The van der Waals surface area contributed by atoms with Gasteiger partial charge in [0.25, 0.3) is 0 Å². The minimum Gasteiger partial charge on any atom is -0.356 e. The molecule has 1 aliphatic rings. The lowest BCUT2D eigenvalue weighted by molar-refractivity contribution is -0.132. The second-order valence-electron chi connectivity index (χ2n) is 5.59. The Bertz CT molecular complexity index is 762. The first-order valence-corrected chi connectivity index (χ1v) is 9.89. The molecule has 0 saturated carbocycles. The van der Waals surface area contributed by atoms with Crippen molar-refractivity contribution in [3.05, 3.63) is 28.2 Å². The molecule has 0 atom stereocenters. The summed E-state index contributed by atoms with van der Waals surface area (Å²) in [4.78, 5) is 24.5. The molecule has 1 aromatic carbocycles. The van der Waals surface area contributed by atoms with Crippen LogP contribution in [0.2, 0.25) is 10.0 Å². The van der Waals surface area contributed by atoms with Crippen LogP contribution in [0.5, 0.6) is 0 Å². The highest BCUT2D eigenvalue weighted by Crippen LogP contribution is 2.27. The standard InChI is InChI=1S/C15H19Cl2N3O4S/c1-11(21)18-5-4-15(22)19-6-8-20(9-7-19)25(23,24)12-2-3-13(16)14(17)10-12/h2-3,10H,4-9H2,1H3,(H,18,21). The van der Waals surface area contributed by atoms with Gasteiger partial charge in [-0.3, -0.25) is 9.59 Å². The number of sulfonamides is 1. The van der Waals surface area contributed by atoms with Gasteiger partial charge in [0.2, 0.25) is 21.8 Å². The van der Waals surface area contributed by atoms with Crippen molar-refractivity contribution in [2.45, 2.75) is 18.2 Å². The van der Waals surface area contributed by atoms with Gasteiger partial charge in [-0.15, -0.1) is 0 Å². The van der Waals surface area contributed by atoms with E-state index < -0.39 is 10.0 Å². The molecule has 0 radical (unpaired) electrons. The van der Waals surface area contributed by atoms with Crippen molar-refractivity contribution in [2.24, 2.45) is 0 Å². The minimum atomic E-state index is -3.68. The lowest BCUT2D eigenvalue weighted by Crippen LogP contribution is -2.50. The zero-order valence-corrected chi connectivity index (χ0v) is 16.0. The van der Waals surface area contributed by atoms with E-state index in [0.717, 1.165) is 0 Å². The number of benzene rings is 1. The average molecular weight is 408 g/mol. The van der Waals surface area contributed by atoms with Crippen molar-refractivity contribution in [1.82, 2.24) is 14.5 Å². The molecule has 1 N–H and O–H groups in total. The Labute approximate surface area is 156 Å². The highest BCUT2D eigenvalue weighted by molar-refractivity contribution is 7.89. The Morgan fingerprint density at radius 2 is 1.76 bits per heavy atom. The van der Waals surface area contributed by atoms with Crippen molar-refractivity contribution >= 4 is 45.0 Å². The van der Waals surface area contributed by atoms with Crippen LogP contribution in [-0.4, -0.2) is 62.2 Å². The number of nitrogens with one attached hydrogen (secondary N) is 1. The van der Waals surface area contributed by atoms with Gasteiger partial charge in [0.05, 0.1) is 14.9 Å². The molecule has 1 fully saturated rings. The maximum absolute atomic E-state index is 12.6. The molecule has 0 aliphatic carbocycles.